The summed E-state index contributed by atoms with van der Waals surface area (Å²) >= 11 is 0. The van der Waals surface area contributed by atoms with Crippen LogP contribution in [0.1, 0.15) is 31.9 Å². The quantitative estimate of drug-likeness (QED) is 0.339. The minimum absolute atomic E-state index is 0.0301. The van der Waals surface area contributed by atoms with Crippen molar-refractivity contribution in [3.8, 4) is 22.8 Å². The fourth-order valence-corrected chi connectivity index (χ4v) is 4.05. The van der Waals surface area contributed by atoms with E-state index in [1.807, 2.05) is 20.8 Å². The van der Waals surface area contributed by atoms with Crippen LogP contribution in [0.5, 0.6) is 11.5 Å². The Balaban J connectivity index is 2.10. The van der Waals surface area contributed by atoms with Gasteiger partial charge in [-0.25, -0.2) is 4.39 Å². The number of methoxy groups -OCH3 is 2. The molecular formula is C25H21F7O3. The summed E-state index contributed by atoms with van der Waals surface area (Å²) in [5.41, 5.74) is -2.57. The van der Waals surface area contributed by atoms with Crippen LogP contribution in [0.4, 0.5) is 30.7 Å². The predicted octanol–water partition coefficient (Wildman–Crippen LogP) is 8.01. The molecule has 0 amide bonds. The Labute approximate surface area is 196 Å². The summed E-state index contributed by atoms with van der Waals surface area (Å²) in [7, 11) is 2.51. The van der Waals surface area contributed by atoms with Crippen molar-refractivity contribution in [2.75, 3.05) is 14.2 Å². The van der Waals surface area contributed by atoms with E-state index in [1.54, 1.807) is 12.1 Å². The molecule has 3 aromatic rings. The average molecular weight is 502 g/mol. The molecule has 0 aliphatic heterocycles. The second-order valence-corrected chi connectivity index (χ2v) is 9.25. The molecule has 2 aromatic carbocycles. The van der Waals surface area contributed by atoms with Crippen LogP contribution in [0.2, 0.25) is 0 Å². The van der Waals surface area contributed by atoms with Crippen molar-refractivity contribution < 1.29 is 44.6 Å². The van der Waals surface area contributed by atoms with Gasteiger partial charge in [0.15, 0.2) is 17.3 Å². The van der Waals surface area contributed by atoms with E-state index in [-0.39, 0.29) is 33.4 Å². The first-order valence-corrected chi connectivity index (χ1v) is 10.4. The van der Waals surface area contributed by atoms with Gasteiger partial charge in [0.2, 0.25) is 0 Å². The SMILES string of the molecule is COc1cc2oc(-c3ccc(C(C)(C)C)cc3)c(C3=C(F)C(F)(F)C(F)(F)C3(F)F)c2cc1OC. The minimum Gasteiger partial charge on any atom is -0.493 e. The molecule has 0 spiro atoms. The van der Waals surface area contributed by atoms with Crippen LogP contribution in [0, 0.1) is 0 Å². The fourth-order valence-electron chi connectivity index (χ4n) is 4.05. The van der Waals surface area contributed by atoms with Gasteiger partial charge in [-0.2, -0.15) is 26.3 Å². The zero-order valence-electron chi connectivity index (χ0n) is 19.3. The largest absolute Gasteiger partial charge is 0.493 e. The molecule has 35 heavy (non-hydrogen) atoms. The van der Waals surface area contributed by atoms with Gasteiger partial charge in [0.25, 0.3) is 0 Å². The monoisotopic (exact) mass is 502 g/mol. The van der Waals surface area contributed by atoms with Crippen LogP contribution in [-0.2, 0) is 5.41 Å². The molecule has 0 atom stereocenters. The minimum atomic E-state index is -5.99. The first-order chi connectivity index (χ1) is 16.1. The number of ether oxygens (including phenoxy) is 2. The molecule has 0 saturated carbocycles. The molecule has 0 unspecified atom stereocenters. The Morgan fingerprint density at radius 2 is 1.34 bits per heavy atom. The van der Waals surface area contributed by atoms with Gasteiger partial charge in [0.1, 0.15) is 11.3 Å². The molecule has 1 aliphatic rings. The van der Waals surface area contributed by atoms with Gasteiger partial charge in [-0.3, -0.25) is 0 Å². The van der Waals surface area contributed by atoms with Crippen molar-refractivity contribution in [1.29, 1.82) is 0 Å². The molecule has 1 heterocycles. The van der Waals surface area contributed by atoms with E-state index < -0.39 is 40.5 Å². The summed E-state index contributed by atoms with van der Waals surface area (Å²) in [4.78, 5) is 0. The molecule has 0 N–H and O–H groups in total. The van der Waals surface area contributed by atoms with Gasteiger partial charge in [0.05, 0.1) is 19.8 Å². The highest BCUT2D eigenvalue weighted by Gasteiger charge is 2.81. The van der Waals surface area contributed by atoms with E-state index in [9.17, 15) is 30.7 Å². The Hall–Kier alpha value is -3.17. The number of hydrogen-bond donors (Lipinski definition) is 0. The second kappa shape index (κ2) is 7.66. The third kappa shape index (κ3) is 3.40. The van der Waals surface area contributed by atoms with Crippen LogP contribution in [0.25, 0.3) is 27.9 Å². The number of allylic oxidation sites excluding steroid dienone is 2. The highest BCUT2D eigenvalue weighted by molar-refractivity contribution is 6.02. The Morgan fingerprint density at radius 3 is 1.80 bits per heavy atom. The van der Waals surface area contributed by atoms with Crippen LogP contribution < -0.4 is 9.47 Å². The third-order valence-corrected chi connectivity index (χ3v) is 6.06. The van der Waals surface area contributed by atoms with Crippen molar-refractivity contribution in [2.45, 2.75) is 44.0 Å². The number of hydrogen-bond acceptors (Lipinski definition) is 3. The van der Waals surface area contributed by atoms with Gasteiger partial charge in [-0.1, -0.05) is 45.0 Å². The van der Waals surface area contributed by atoms with Gasteiger partial charge >= 0.3 is 17.8 Å². The Bertz CT molecular complexity index is 1330. The Morgan fingerprint density at radius 1 is 0.800 bits per heavy atom. The summed E-state index contributed by atoms with van der Waals surface area (Å²) in [5, 5.41) is -0.323. The molecule has 3 nitrogen and oxygen atoms in total. The molecule has 188 valence electrons. The predicted molar refractivity (Wildman–Crippen MR) is 116 cm³/mol. The Kier molecular flexibility index (Phi) is 5.46. The topological polar surface area (TPSA) is 31.6 Å². The van der Waals surface area contributed by atoms with Crippen LogP contribution >= 0.6 is 0 Å². The number of alkyl halides is 6. The highest BCUT2D eigenvalue weighted by Crippen LogP contribution is 2.64. The second-order valence-electron chi connectivity index (χ2n) is 9.25. The van der Waals surface area contributed by atoms with Crippen LogP contribution in [-0.4, -0.2) is 32.0 Å². The van der Waals surface area contributed by atoms with Crippen molar-refractivity contribution in [3.63, 3.8) is 0 Å². The molecule has 1 aliphatic carbocycles. The lowest BCUT2D eigenvalue weighted by molar-refractivity contribution is -0.263. The molecule has 0 fully saturated rings. The third-order valence-electron chi connectivity index (χ3n) is 6.06. The number of furan rings is 1. The summed E-state index contributed by atoms with van der Waals surface area (Å²) in [6.45, 7) is 5.78. The van der Waals surface area contributed by atoms with E-state index >= 15 is 0 Å². The lowest BCUT2D eigenvalue weighted by Gasteiger charge is -2.24. The molecule has 1 aromatic heterocycles. The standard InChI is InChI=1S/C25H21F7O3/c1-22(2,3)13-8-6-12(7-9-13)20-18(14-10-16(33-4)17(34-5)11-15(14)35-20)19-21(26)24(29,30)25(31,32)23(19,27)28/h6-11H,1-5H3. The van der Waals surface area contributed by atoms with Crippen molar-refractivity contribution in [3.05, 3.63) is 53.4 Å². The number of benzene rings is 2. The lowest BCUT2D eigenvalue weighted by atomic mass is 9.86. The zero-order chi connectivity index (χ0) is 26.1. The fraction of sp³-hybridized carbons (Fsp3) is 0.360. The molecular weight excluding hydrogens is 481 g/mol. The summed E-state index contributed by atoms with van der Waals surface area (Å²) in [6, 6.07) is 8.51. The average Bonchev–Trinajstić information content (AvgIpc) is 3.18. The van der Waals surface area contributed by atoms with Gasteiger partial charge in [-0.05, 0) is 17.0 Å². The van der Waals surface area contributed by atoms with Gasteiger partial charge < -0.3 is 13.9 Å². The van der Waals surface area contributed by atoms with Crippen LogP contribution in [0.3, 0.4) is 0 Å². The normalized spacial score (nSPS) is 18.9. The van der Waals surface area contributed by atoms with Crippen molar-refractivity contribution >= 4 is 16.5 Å². The molecule has 0 saturated heterocycles. The number of fused-ring (bicyclic) bond motifs is 1. The summed E-state index contributed by atoms with van der Waals surface area (Å²) in [5.74, 6) is -20.6. The molecule has 4 rings (SSSR count). The summed E-state index contributed by atoms with van der Waals surface area (Å²) < 4.78 is 117. The lowest BCUT2D eigenvalue weighted by Crippen LogP contribution is -2.48. The number of rotatable bonds is 4. The first kappa shape index (κ1) is 24.9. The number of halogens is 7. The summed E-state index contributed by atoms with van der Waals surface area (Å²) in [6.07, 6.45) is 0. The van der Waals surface area contributed by atoms with Gasteiger partial charge in [-0.15, -0.1) is 0 Å². The maximum absolute atomic E-state index is 14.8. The van der Waals surface area contributed by atoms with Crippen LogP contribution in [0.15, 0.2) is 46.6 Å². The molecule has 0 radical (unpaired) electrons. The van der Waals surface area contributed by atoms with E-state index in [0.717, 1.165) is 11.6 Å². The van der Waals surface area contributed by atoms with E-state index in [4.69, 9.17) is 13.9 Å². The van der Waals surface area contributed by atoms with Crippen molar-refractivity contribution in [2.24, 2.45) is 0 Å². The maximum atomic E-state index is 14.8. The maximum Gasteiger partial charge on any atom is 0.383 e. The molecule has 10 heteroatoms. The first-order valence-electron chi connectivity index (χ1n) is 10.4. The highest BCUT2D eigenvalue weighted by atomic mass is 19.3. The van der Waals surface area contributed by atoms with E-state index in [0.29, 0.717) is 0 Å². The van der Waals surface area contributed by atoms with E-state index in [1.165, 1.54) is 32.4 Å². The smallest absolute Gasteiger partial charge is 0.383 e. The molecule has 0 bridgehead atoms. The van der Waals surface area contributed by atoms with Crippen molar-refractivity contribution in [1.82, 2.24) is 0 Å². The zero-order valence-corrected chi connectivity index (χ0v) is 19.3. The van der Waals surface area contributed by atoms with Gasteiger partial charge in [0, 0.05) is 22.6 Å². The van der Waals surface area contributed by atoms with E-state index in [2.05, 4.69) is 0 Å².